The van der Waals surface area contributed by atoms with Gasteiger partial charge in [-0.25, -0.2) is 4.79 Å². The maximum atomic E-state index is 12.6. The van der Waals surface area contributed by atoms with Gasteiger partial charge in [0.2, 0.25) is 5.91 Å². The van der Waals surface area contributed by atoms with Crippen LogP contribution in [0.4, 0.5) is 0 Å². The highest BCUT2D eigenvalue weighted by Gasteiger charge is 2.46. The number of carbonyl (C=O) groups excluding carboxylic acids is 1. The van der Waals surface area contributed by atoms with Gasteiger partial charge in [-0.3, -0.25) is 4.79 Å². The monoisotopic (exact) mass is 281 g/mol. The average Bonchev–Trinajstić information content (AvgIpc) is 2.42. The summed E-state index contributed by atoms with van der Waals surface area (Å²) in [7, 11) is 0. The maximum absolute atomic E-state index is 12.6. The highest BCUT2D eigenvalue weighted by atomic mass is 16.4. The molecule has 4 nitrogen and oxygen atoms in total. The fourth-order valence-corrected chi connectivity index (χ4v) is 3.57. The lowest BCUT2D eigenvalue weighted by atomic mass is 9.72. The second kappa shape index (κ2) is 5.74. The van der Waals surface area contributed by atoms with Gasteiger partial charge in [0.05, 0.1) is 0 Å². The number of aliphatic carboxylic acids is 1. The van der Waals surface area contributed by atoms with E-state index in [1.54, 1.807) is 0 Å². The molecule has 0 bridgehead atoms. The van der Waals surface area contributed by atoms with E-state index in [1.165, 1.54) is 6.42 Å². The Balaban J connectivity index is 2.08. The Morgan fingerprint density at radius 2 is 1.60 bits per heavy atom. The molecule has 2 N–H and O–H groups in total. The molecule has 0 aromatic carbocycles. The van der Waals surface area contributed by atoms with Crippen LogP contribution in [0.2, 0.25) is 0 Å². The largest absolute Gasteiger partial charge is 0.480 e. The van der Waals surface area contributed by atoms with Crippen LogP contribution < -0.4 is 5.32 Å². The van der Waals surface area contributed by atoms with Crippen molar-refractivity contribution in [2.45, 2.75) is 77.2 Å². The minimum Gasteiger partial charge on any atom is -0.480 e. The van der Waals surface area contributed by atoms with Crippen molar-refractivity contribution in [2.75, 3.05) is 0 Å². The highest BCUT2D eigenvalue weighted by molar-refractivity contribution is 5.90. The molecule has 0 radical (unpaired) electrons. The summed E-state index contributed by atoms with van der Waals surface area (Å²) in [6, 6.07) is 0. The first-order valence-electron chi connectivity index (χ1n) is 7.94. The van der Waals surface area contributed by atoms with E-state index in [0.717, 1.165) is 38.5 Å². The van der Waals surface area contributed by atoms with E-state index in [1.807, 2.05) is 6.92 Å². The summed E-state index contributed by atoms with van der Waals surface area (Å²) in [6.45, 7) is 4.14. The van der Waals surface area contributed by atoms with Gasteiger partial charge in [-0.2, -0.15) is 0 Å². The van der Waals surface area contributed by atoms with Gasteiger partial charge in [0, 0.05) is 5.41 Å². The van der Waals surface area contributed by atoms with Crippen LogP contribution in [-0.4, -0.2) is 22.5 Å². The standard InChI is InChI=1S/C16H27NO3/c1-12-6-10-16(11-7-12,14(19)20)17-13(18)15(2)8-4-3-5-9-15/h12H,3-11H2,1-2H3,(H,17,18)(H,19,20). The maximum Gasteiger partial charge on any atom is 0.329 e. The van der Waals surface area contributed by atoms with Crippen molar-refractivity contribution in [3.05, 3.63) is 0 Å². The molecule has 0 aliphatic heterocycles. The van der Waals surface area contributed by atoms with Gasteiger partial charge in [-0.05, 0) is 44.4 Å². The molecule has 0 aromatic heterocycles. The number of hydrogen-bond donors (Lipinski definition) is 2. The molecule has 2 aliphatic rings. The third-order valence-electron chi connectivity index (χ3n) is 5.40. The molecule has 0 spiro atoms. The summed E-state index contributed by atoms with van der Waals surface area (Å²) in [6.07, 6.45) is 7.96. The van der Waals surface area contributed by atoms with E-state index in [2.05, 4.69) is 12.2 Å². The van der Waals surface area contributed by atoms with Gasteiger partial charge in [0.25, 0.3) is 0 Å². The van der Waals surface area contributed by atoms with E-state index in [4.69, 9.17) is 0 Å². The molecule has 0 aromatic rings. The van der Waals surface area contributed by atoms with Gasteiger partial charge >= 0.3 is 5.97 Å². The third-order valence-corrected chi connectivity index (χ3v) is 5.40. The fraction of sp³-hybridized carbons (Fsp3) is 0.875. The Kier molecular flexibility index (Phi) is 4.40. The number of hydrogen-bond acceptors (Lipinski definition) is 2. The van der Waals surface area contributed by atoms with Gasteiger partial charge in [0.1, 0.15) is 5.54 Å². The molecule has 2 saturated carbocycles. The molecule has 2 fully saturated rings. The molecule has 1 amide bonds. The van der Waals surface area contributed by atoms with Crippen molar-refractivity contribution in [3.8, 4) is 0 Å². The first kappa shape index (κ1) is 15.3. The lowest BCUT2D eigenvalue weighted by molar-refractivity contribution is -0.152. The van der Waals surface area contributed by atoms with Crippen LogP contribution in [0.25, 0.3) is 0 Å². The molecule has 0 unspecified atom stereocenters. The molecule has 0 saturated heterocycles. The zero-order chi connectivity index (χ0) is 14.8. The van der Waals surface area contributed by atoms with Crippen molar-refractivity contribution in [1.29, 1.82) is 0 Å². The van der Waals surface area contributed by atoms with Crippen molar-refractivity contribution < 1.29 is 14.7 Å². The quantitative estimate of drug-likeness (QED) is 0.835. The van der Waals surface area contributed by atoms with Crippen LogP contribution in [-0.2, 0) is 9.59 Å². The minimum atomic E-state index is -1.02. The van der Waals surface area contributed by atoms with Crippen LogP contribution in [0.3, 0.4) is 0 Å². The summed E-state index contributed by atoms with van der Waals surface area (Å²) in [4.78, 5) is 24.3. The SMILES string of the molecule is CC1CCC(NC(=O)C2(C)CCCCC2)(C(=O)O)CC1. The molecule has 2 rings (SSSR count). The summed E-state index contributed by atoms with van der Waals surface area (Å²) >= 11 is 0. The normalized spacial score (nSPS) is 33.4. The Hall–Kier alpha value is -1.06. The molecule has 0 atom stereocenters. The smallest absolute Gasteiger partial charge is 0.329 e. The van der Waals surface area contributed by atoms with Gasteiger partial charge < -0.3 is 10.4 Å². The van der Waals surface area contributed by atoms with Crippen molar-refractivity contribution >= 4 is 11.9 Å². The summed E-state index contributed by atoms with van der Waals surface area (Å²) in [5, 5.41) is 12.5. The molecule has 114 valence electrons. The van der Waals surface area contributed by atoms with E-state index < -0.39 is 11.5 Å². The van der Waals surface area contributed by atoms with Crippen LogP contribution in [0.1, 0.15) is 71.6 Å². The molecular formula is C16H27NO3. The highest BCUT2D eigenvalue weighted by Crippen LogP contribution is 2.38. The van der Waals surface area contributed by atoms with Gasteiger partial charge in [-0.1, -0.05) is 33.1 Å². The number of amides is 1. The van der Waals surface area contributed by atoms with Gasteiger partial charge in [-0.15, -0.1) is 0 Å². The predicted octanol–water partition coefficient (Wildman–Crippen LogP) is 3.11. The zero-order valence-corrected chi connectivity index (χ0v) is 12.7. The van der Waals surface area contributed by atoms with Crippen LogP contribution in [0.15, 0.2) is 0 Å². The van der Waals surface area contributed by atoms with E-state index in [-0.39, 0.29) is 11.3 Å². The van der Waals surface area contributed by atoms with Crippen molar-refractivity contribution in [3.63, 3.8) is 0 Å². The molecule has 0 heterocycles. The number of carboxylic acid groups (broad SMARTS) is 1. The Morgan fingerprint density at radius 1 is 1.05 bits per heavy atom. The van der Waals surface area contributed by atoms with Gasteiger partial charge in [0.15, 0.2) is 0 Å². The first-order valence-corrected chi connectivity index (χ1v) is 7.94. The van der Waals surface area contributed by atoms with Crippen molar-refractivity contribution in [1.82, 2.24) is 5.32 Å². The number of carboxylic acids is 1. The summed E-state index contributed by atoms with van der Waals surface area (Å²) in [5.74, 6) is -0.351. The lowest BCUT2D eigenvalue weighted by Gasteiger charge is -2.40. The zero-order valence-electron chi connectivity index (χ0n) is 12.7. The Labute approximate surface area is 121 Å². The molecule has 4 heteroatoms. The second-order valence-electron chi connectivity index (χ2n) is 7.15. The first-order chi connectivity index (χ1) is 9.38. The van der Waals surface area contributed by atoms with E-state index in [0.29, 0.717) is 18.8 Å². The number of nitrogens with one attached hydrogen (secondary N) is 1. The Morgan fingerprint density at radius 3 is 2.10 bits per heavy atom. The second-order valence-corrected chi connectivity index (χ2v) is 7.15. The summed E-state index contributed by atoms with van der Waals surface area (Å²) < 4.78 is 0. The van der Waals surface area contributed by atoms with E-state index >= 15 is 0 Å². The predicted molar refractivity (Wildman–Crippen MR) is 77.3 cm³/mol. The average molecular weight is 281 g/mol. The third kappa shape index (κ3) is 2.99. The molecule has 2 aliphatic carbocycles. The molecule has 20 heavy (non-hydrogen) atoms. The fourth-order valence-electron chi connectivity index (χ4n) is 3.57. The Bertz CT molecular complexity index is 377. The summed E-state index contributed by atoms with van der Waals surface area (Å²) in [5.41, 5.74) is -1.40. The van der Waals surface area contributed by atoms with Crippen LogP contribution in [0, 0.1) is 11.3 Å². The van der Waals surface area contributed by atoms with Crippen LogP contribution >= 0.6 is 0 Å². The number of carbonyl (C=O) groups is 2. The van der Waals surface area contributed by atoms with E-state index in [9.17, 15) is 14.7 Å². The number of rotatable bonds is 3. The lowest BCUT2D eigenvalue weighted by Crippen LogP contribution is -2.59. The minimum absolute atomic E-state index is 0.0471. The van der Waals surface area contributed by atoms with Crippen LogP contribution in [0.5, 0.6) is 0 Å². The van der Waals surface area contributed by atoms with Crippen molar-refractivity contribution in [2.24, 2.45) is 11.3 Å². The topological polar surface area (TPSA) is 66.4 Å². The molecular weight excluding hydrogens is 254 g/mol.